The van der Waals surface area contributed by atoms with Crippen molar-refractivity contribution in [1.29, 1.82) is 0 Å². The minimum Gasteiger partial charge on any atom is -0.465 e. The average Bonchev–Trinajstić information content (AvgIpc) is 3.67. The summed E-state index contributed by atoms with van der Waals surface area (Å²) < 4.78 is 3.11. The lowest BCUT2D eigenvalue weighted by molar-refractivity contribution is 0.209. The van der Waals surface area contributed by atoms with Crippen molar-refractivity contribution in [3.63, 3.8) is 0 Å². The van der Waals surface area contributed by atoms with Gasteiger partial charge in [-0.3, -0.25) is 10.1 Å². The molecule has 3 N–H and O–H groups in total. The molecule has 1 unspecified atom stereocenters. The summed E-state index contributed by atoms with van der Waals surface area (Å²) in [7, 11) is 0. The van der Waals surface area contributed by atoms with E-state index in [2.05, 4.69) is 25.8 Å². The number of nitrogens with one attached hydrogen (secondary N) is 2. The summed E-state index contributed by atoms with van der Waals surface area (Å²) >= 11 is 12.9. The molecule has 0 radical (unpaired) electrons. The van der Waals surface area contributed by atoms with E-state index in [-0.39, 0.29) is 5.56 Å². The van der Waals surface area contributed by atoms with Gasteiger partial charge in [0.15, 0.2) is 0 Å². The molecule has 3 aromatic heterocycles. The number of pyridine rings is 1. The molecule has 214 valence electrons. The van der Waals surface area contributed by atoms with Crippen molar-refractivity contribution >= 4 is 35.0 Å². The summed E-state index contributed by atoms with van der Waals surface area (Å²) in [6.07, 6.45) is 2.49. The maximum atomic E-state index is 13.7. The molecule has 1 amide bonds. The van der Waals surface area contributed by atoms with Crippen LogP contribution in [0.4, 0.5) is 10.5 Å². The Bertz CT molecular complexity index is 1960. The lowest BCUT2D eigenvalue weighted by atomic mass is 10.0. The Hall–Kier alpha value is -5.26. The highest BCUT2D eigenvalue weighted by molar-refractivity contribution is 6.32. The van der Waals surface area contributed by atoms with Crippen molar-refractivity contribution in [1.82, 2.24) is 34.7 Å². The highest BCUT2D eigenvalue weighted by Crippen LogP contribution is 2.32. The molecule has 0 aliphatic heterocycles. The number of hydrogen-bond acceptors (Lipinski definition) is 6. The van der Waals surface area contributed by atoms with E-state index in [0.717, 1.165) is 5.56 Å². The molecule has 3 heterocycles. The Labute approximate surface area is 254 Å². The van der Waals surface area contributed by atoms with Gasteiger partial charge in [-0.2, -0.15) is 4.68 Å². The topological polar surface area (TPSA) is 144 Å². The van der Waals surface area contributed by atoms with Crippen LogP contribution in [0.25, 0.3) is 28.1 Å². The number of nitrogens with zero attached hydrogens (tertiary/aromatic N) is 6. The fraction of sp³-hybridized carbons (Fsp3) is 0.0667. The molecule has 0 spiro atoms. The molecule has 1 atom stereocenters. The summed E-state index contributed by atoms with van der Waals surface area (Å²) in [6, 6.07) is 24.6. The van der Waals surface area contributed by atoms with Gasteiger partial charge in [0.05, 0.1) is 11.7 Å². The van der Waals surface area contributed by atoms with Crippen LogP contribution in [-0.2, 0) is 6.42 Å². The minimum absolute atomic E-state index is 0.265. The molecule has 0 saturated heterocycles. The second kappa shape index (κ2) is 11.9. The van der Waals surface area contributed by atoms with Crippen molar-refractivity contribution in [2.45, 2.75) is 12.5 Å². The van der Waals surface area contributed by atoms with Crippen LogP contribution in [0.3, 0.4) is 0 Å². The number of benzene rings is 3. The minimum atomic E-state index is -1.16. The number of amides is 1. The number of carboxylic acid groups (broad SMARTS) is 1. The van der Waals surface area contributed by atoms with Gasteiger partial charge in [-0.15, -0.1) is 5.10 Å². The average molecular weight is 613 g/mol. The molecule has 6 rings (SSSR count). The van der Waals surface area contributed by atoms with Crippen LogP contribution < -0.4 is 10.9 Å². The Kier molecular flexibility index (Phi) is 7.73. The first-order valence-corrected chi connectivity index (χ1v) is 13.8. The van der Waals surface area contributed by atoms with Crippen LogP contribution in [0.5, 0.6) is 0 Å². The van der Waals surface area contributed by atoms with Gasteiger partial charge in [0, 0.05) is 40.5 Å². The lowest BCUT2D eigenvalue weighted by Crippen LogP contribution is -2.27. The third-order valence-electron chi connectivity index (χ3n) is 6.82. The molecule has 6 aromatic rings. The summed E-state index contributed by atoms with van der Waals surface area (Å²) in [5, 5.41) is 23.5. The number of rotatable bonds is 8. The summed E-state index contributed by atoms with van der Waals surface area (Å²) in [5.41, 5.74) is 4.30. The number of tetrazole rings is 1. The molecule has 0 aliphatic carbocycles. The SMILES string of the molecule is O=C(O)Nc1ccc(-c2nc(C(Cc3ccccc3)n3ccc(-c4cc(Cl)ccc4-n4cnnn4)cc3=O)[nH]c2Cl)cc1. The molecule has 0 fully saturated rings. The van der Waals surface area contributed by atoms with Gasteiger partial charge >= 0.3 is 6.09 Å². The number of imidazole rings is 1. The van der Waals surface area contributed by atoms with Crippen molar-refractivity contribution in [2.24, 2.45) is 0 Å². The predicted octanol–water partition coefficient (Wildman–Crippen LogP) is 6.11. The van der Waals surface area contributed by atoms with Crippen molar-refractivity contribution in [3.05, 3.63) is 129 Å². The van der Waals surface area contributed by atoms with Crippen LogP contribution in [0.15, 0.2) is 102 Å². The molecule has 0 aliphatic rings. The maximum Gasteiger partial charge on any atom is 0.409 e. The first-order valence-electron chi connectivity index (χ1n) is 13.0. The number of halogens is 2. The normalized spacial score (nSPS) is 11.8. The van der Waals surface area contributed by atoms with Crippen molar-refractivity contribution in [2.75, 3.05) is 5.32 Å². The summed E-state index contributed by atoms with van der Waals surface area (Å²) in [4.78, 5) is 32.7. The second-order valence-electron chi connectivity index (χ2n) is 9.57. The monoisotopic (exact) mass is 612 g/mol. The first-order chi connectivity index (χ1) is 20.9. The van der Waals surface area contributed by atoms with E-state index in [0.29, 0.717) is 56.2 Å². The fourth-order valence-electron chi connectivity index (χ4n) is 4.84. The van der Waals surface area contributed by atoms with Gasteiger partial charge in [-0.05, 0) is 58.0 Å². The zero-order valence-corrected chi connectivity index (χ0v) is 23.7. The Morgan fingerprint density at radius 2 is 1.77 bits per heavy atom. The molecular formula is C30H22Cl2N8O3. The molecule has 43 heavy (non-hydrogen) atoms. The third kappa shape index (κ3) is 6.03. The van der Waals surface area contributed by atoms with Crippen molar-refractivity contribution in [3.8, 4) is 28.1 Å². The number of anilines is 1. The number of aromatic amines is 1. The smallest absolute Gasteiger partial charge is 0.409 e. The number of hydrogen-bond donors (Lipinski definition) is 3. The van der Waals surface area contributed by atoms with E-state index in [1.165, 1.54) is 17.1 Å². The van der Waals surface area contributed by atoms with Crippen LogP contribution in [0, 0.1) is 0 Å². The molecule has 0 saturated carbocycles. The molecule has 0 bridgehead atoms. The summed E-state index contributed by atoms with van der Waals surface area (Å²) in [5.74, 6) is 0.489. The zero-order valence-electron chi connectivity index (χ0n) is 22.2. The van der Waals surface area contributed by atoms with Crippen LogP contribution in [0.2, 0.25) is 10.2 Å². The standard InChI is InChI=1S/C30H22Cl2N8O3/c31-21-8-11-24(40-17-33-37-38-40)23(16-21)20-12-13-39(26(41)15-20)25(14-18-4-2-1-3-5-18)29-35-27(28(32)36-29)19-6-9-22(10-7-19)34-30(42)43/h1-13,15-17,25,34H,14H2,(H,35,36)(H,42,43). The van der Waals surface area contributed by atoms with Gasteiger partial charge < -0.3 is 14.7 Å². The van der Waals surface area contributed by atoms with Crippen molar-refractivity contribution < 1.29 is 9.90 Å². The Balaban J connectivity index is 1.40. The van der Waals surface area contributed by atoms with E-state index in [1.54, 1.807) is 53.2 Å². The quantitative estimate of drug-likeness (QED) is 0.188. The fourth-order valence-corrected chi connectivity index (χ4v) is 5.26. The van der Waals surface area contributed by atoms with E-state index in [4.69, 9.17) is 33.3 Å². The largest absolute Gasteiger partial charge is 0.465 e. The lowest BCUT2D eigenvalue weighted by Gasteiger charge is -2.19. The predicted molar refractivity (Wildman–Crippen MR) is 163 cm³/mol. The molecule has 11 nitrogen and oxygen atoms in total. The first kappa shape index (κ1) is 27.9. The summed E-state index contributed by atoms with van der Waals surface area (Å²) in [6.45, 7) is 0. The van der Waals surface area contributed by atoms with Crippen LogP contribution in [-0.4, -0.2) is 45.9 Å². The van der Waals surface area contributed by atoms with E-state index < -0.39 is 12.1 Å². The second-order valence-corrected chi connectivity index (χ2v) is 10.4. The molecular weight excluding hydrogens is 591 g/mol. The highest BCUT2D eigenvalue weighted by Gasteiger charge is 2.23. The van der Waals surface area contributed by atoms with Gasteiger partial charge in [0.2, 0.25) is 0 Å². The van der Waals surface area contributed by atoms with Gasteiger partial charge in [0.1, 0.15) is 23.0 Å². The van der Waals surface area contributed by atoms with Crippen LogP contribution in [0.1, 0.15) is 17.4 Å². The van der Waals surface area contributed by atoms with Gasteiger partial charge in [0.25, 0.3) is 5.56 Å². The van der Waals surface area contributed by atoms with Crippen LogP contribution >= 0.6 is 23.2 Å². The highest BCUT2D eigenvalue weighted by atomic mass is 35.5. The number of H-pyrrole nitrogens is 1. The molecule has 13 heteroatoms. The van der Waals surface area contributed by atoms with Gasteiger partial charge in [-0.25, -0.2) is 9.78 Å². The number of carbonyl (C=O) groups is 1. The number of aromatic nitrogens is 7. The Morgan fingerprint density at radius 1 is 0.977 bits per heavy atom. The van der Waals surface area contributed by atoms with E-state index in [9.17, 15) is 9.59 Å². The maximum absolute atomic E-state index is 13.7. The molecule has 3 aromatic carbocycles. The Morgan fingerprint density at radius 3 is 2.47 bits per heavy atom. The zero-order chi connectivity index (χ0) is 29.9. The van der Waals surface area contributed by atoms with Gasteiger partial charge in [-0.1, -0.05) is 65.7 Å². The van der Waals surface area contributed by atoms with E-state index >= 15 is 0 Å². The van der Waals surface area contributed by atoms with E-state index in [1.807, 2.05) is 36.4 Å². The third-order valence-corrected chi connectivity index (χ3v) is 7.33.